The first-order chi connectivity index (χ1) is 7.27. The summed E-state index contributed by atoms with van der Waals surface area (Å²) in [7, 11) is 0. The van der Waals surface area contributed by atoms with Crippen molar-refractivity contribution < 1.29 is 4.74 Å². The molecule has 0 aromatic heterocycles. The van der Waals surface area contributed by atoms with Crippen LogP contribution >= 0.6 is 0 Å². The summed E-state index contributed by atoms with van der Waals surface area (Å²) in [5.41, 5.74) is 7.90. The molecule has 2 N–H and O–H groups in total. The lowest BCUT2D eigenvalue weighted by molar-refractivity contribution is -0.0244. The topological polar surface area (TPSA) is 35.2 Å². The number of nitrogens with two attached hydrogens (primary N) is 1. The maximum Gasteiger partial charge on any atom is 0.139 e. The summed E-state index contributed by atoms with van der Waals surface area (Å²) in [4.78, 5) is 0. The number of rotatable bonds is 3. The van der Waals surface area contributed by atoms with E-state index in [-0.39, 0.29) is 5.41 Å². The maximum absolute atomic E-state index is 6.09. The zero-order chi connectivity index (χ0) is 12.4. The Bertz CT molecular complexity index is 333. The van der Waals surface area contributed by atoms with Crippen LogP contribution in [0.2, 0.25) is 0 Å². The summed E-state index contributed by atoms with van der Waals surface area (Å²) >= 11 is 0. The average Bonchev–Trinajstić information content (AvgIpc) is 2.16. The Kier molecular flexibility index (Phi) is 3.76. The van der Waals surface area contributed by atoms with E-state index in [1.54, 1.807) is 0 Å². The molecule has 2 nitrogen and oxygen atoms in total. The Labute approximate surface area is 98.8 Å². The standard InChI is InChI=1S/C14H23NO/c1-6-16-14(5,15)12-9-7-11(8-10-12)13(2,3)4/h7-10H,6,15H2,1-5H3. The fourth-order valence-corrected chi connectivity index (χ4v) is 1.68. The molecular formula is C14H23NO. The van der Waals surface area contributed by atoms with Crippen LogP contribution < -0.4 is 5.73 Å². The van der Waals surface area contributed by atoms with Gasteiger partial charge in [-0.2, -0.15) is 0 Å². The molecule has 0 bridgehead atoms. The van der Waals surface area contributed by atoms with Crippen LogP contribution in [-0.4, -0.2) is 6.61 Å². The molecule has 0 spiro atoms. The van der Waals surface area contributed by atoms with Gasteiger partial charge in [0.15, 0.2) is 0 Å². The van der Waals surface area contributed by atoms with Gasteiger partial charge in [-0.3, -0.25) is 5.73 Å². The quantitative estimate of drug-likeness (QED) is 0.796. The fraction of sp³-hybridized carbons (Fsp3) is 0.571. The van der Waals surface area contributed by atoms with Gasteiger partial charge in [-0.05, 0) is 30.4 Å². The van der Waals surface area contributed by atoms with E-state index in [2.05, 4.69) is 45.0 Å². The van der Waals surface area contributed by atoms with E-state index in [1.165, 1.54) is 5.56 Å². The first-order valence-electron chi connectivity index (χ1n) is 5.81. The van der Waals surface area contributed by atoms with Crippen molar-refractivity contribution in [2.45, 2.75) is 45.8 Å². The largest absolute Gasteiger partial charge is 0.357 e. The minimum absolute atomic E-state index is 0.176. The van der Waals surface area contributed by atoms with Crippen LogP contribution in [0.25, 0.3) is 0 Å². The molecule has 0 radical (unpaired) electrons. The first kappa shape index (κ1) is 13.2. The van der Waals surface area contributed by atoms with Gasteiger partial charge in [-0.25, -0.2) is 0 Å². The Morgan fingerprint density at radius 3 is 1.81 bits per heavy atom. The van der Waals surface area contributed by atoms with Gasteiger partial charge in [-0.15, -0.1) is 0 Å². The van der Waals surface area contributed by atoms with Crippen LogP contribution in [0.15, 0.2) is 24.3 Å². The van der Waals surface area contributed by atoms with Crippen LogP contribution in [0, 0.1) is 0 Å². The van der Waals surface area contributed by atoms with E-state index in [0.29, 0.717) is 6.61 Å². The Balaban J connectivity index is 2.95. The van der Waals surface area contributed by atoms with Crippen LogP contribution in [0.1, 0.15) is 45.7 Å². The van der Waals surface area contributed by atoms with Crippen molar-refractivity contribution in [2.75, 3.05) is 6.61 Å². The van der Waals surface area contributed by atoms with Crippen molar-refractivity contribution in [1.29, 1.82) is 0 Å². The van der Waals surface area contributed by atoms with Crippen molar-refractivity contribution in [3.8, 4) is 0 Å². The van der Waals surface area contributed by atoms with Crippen LogP contribution in [0.5, 0.6) is 0 Å². The molecule has 1 aromatic rings. The average molecular weight is 221 g/mol. The van der Waals surface area contributed by atoms with E-state index in [9.17, 15) is 0 Å². The third kappa shape index (κ3) is 3.06. The van der Waals surface area contributed by atoms with E-state index in [4.69, 9.17) is 10.5 Å². The molecule has 0 amide bonds. The summed E-state index contributed by atoms with van der Waals surface area (Å²) in [5.74, 6) is 0. The van der Waals surface area contributed by atoms with Gasteiger partial charge in [-0.1, -0.05) is 45.0 Å². The van der Waals surface area contributed by atoms with E-state index in [1.807, 2.05) is 13.8 Å². The van der Waals surface area contributed by atoms with Crippen molar-refractivity contribution in [3.63, 3.8) is 0 Å². The normalized spacial score (nSPS) is 15.9. The highest BCUT2D eigenvalue weighted by atomic mass is 16.5. The Morgan fingerprint density at radius 2 is 1.44 bits per heavy atom. The fourth-order valence-electron chi connectivity index (χ4n) is 1.68. The number of benzene rings is 1. The van der Waals surface area contributed by atoms with E-state index in [0.717, 1.165) is 5.56 Å². The monoisotopic (exact) mass is 221 g/mol. The highest BCUT2D eigenvalue weighted by molar-refractivity contribution is 5.30. The first-order valence-corrected chi connectivity index (χ1v) is 5.81. The molecule has 0 saturated carbocycles. The van der Waals surface area contributed by atoms with Crippen molar-refractivity contribution in [1.82, 2.24) is 0 Å². The smallest absolute Gasteiger partial charge is 0.139 e. The third-order valence-electron chi connectivity index (χ3n) is 2.77. The maximum atomic E-state index is 6.09. The molecule has 0 heterocycles. The molecule has 1 rings (SSSR count). The van der Waals surface area contributed by atoms with E-state index < -0.39 is 5.72 Å². The molecule has 0 fully saturated rings. The number of ether oxygens (including phenoxy) is 1. The molecule has 90 valence electrons. The molecule has 1 aromatic carbocycles. The van der Waals surface area contributed by atoms with Crippen molar-refractivity contribution in [3.05, 3.63) is 35.4 Å². The lowest BCUT2D eigenvalue weighted by Gasteiger charge is -2.26. The van der Waals surface area contributed by atoms with E-state index >= 15 is 0 Å². The number of hydrogen-bond acceptors (Lipinski definition) is 2. The summed E-state index contributed by atoms with van der Waals surface area (Å²) < 4.78 is 5.52. The SMILES string of the molecule is CCOC(C)(N)c1ccc(C(C)(C)C)cc1. The van der Waals surface area contributed by atoms with Gasteiger partial charge in [0.05, 0.1) is 0 Å². The summed E-state index contributed by atoms with van der Waals surface area (Å²) in [6, 6.07) is 8.35. The highest BCUT2D eigenvalue weighted by Gasteiger charge is 2.22. The van der Waals surface area contributed by atoms with Crippen LogP contribution in [0.4, 0.5) is 0 Å². The summed E-state index contributed by atoms with van der Waals surface area (Å²) in [5, 5.41) is 0. The Morgan fingerprint density at radius 1 is 1.00 bits per heavy atom. The number of hydrogen-bond donors (Lipinski definition) is 1. The van der Waals surface area contributed by atoms with Gasteiger partial charge >= 0.3 is 0 Å². The molecule has 16 heavy (non-hydrogen) atoms. The molecule has 0 saturated heterocycles. The zero-order valence-electron chi connectivity index (χ0n) is 11.0. The molecule has 1 unspecified atom stereocenters. The second-order valence-corrected chi connectivity index (χ2v) is 5.37. The summed E-state index contributed by atoms with van der Waals surface area (Å²) in [6.45, 7) is 11.1. The summed E-state index contributed by atoms with van der Waals surface area (Å²) in [6.07, 6.45) is 0. The molecular weight excluding hydrogens is 198 g/mol. The lowest BCUT2D eigenvalue weighted by Crippen LogP contribution is -2.36. The highest BCUT2D eigenvalue weighted by Crippen LogP contribution is 2.25. The molecule has 0 aliphatic rings. The predicted octanol–water partition coefficient (Wildman–Crippen LogP) is 3.15. The lowest BCUT2D eigenvalue weighted by atomic mass is 9.86. The third-order valence-corrected chi connectivity index (χ3v) is 2.77. The van der Waals surface area contributed by atoms with Gasteiger partial charge in [0, 0.05) is 6.61 Å². The molecule has 0 aliphatic carbocycles. The Hall–Kier alpha value is -0.860. The van der Waals surface area contributed by atoms with Gasteiger partial charge < -0.3 is 4.74 Å². The molecule has 1 atom stereocenters. The second-order valence-electron chi connectivity index (χ2n) is 5.37. The zero-order valence-corrected chi connectivity index (χ0v) is 11.0. The van der Waals surface area contributed by atoms with Gasteiger partial charge in [0.2, 0.25) is 0 Å². The predicted molar refractivity (Wildman–Crippen MR) is 68.3 cm³/mol. The van der Waals surface area contributed by atoms with Crippen molar-refractivity contribution >= 4 is 0 Å². The van der Waals surface area contributed by atoms with Crippen LogP contribution in [0.3, 0.4) is 0 Å². The van der Waals surface area contributed by atoms with Crippen molar-refractivity contribution in [2.24, 2.45) is 5.73 Å². The van der Waals surface area contributed by atoms with Gasteiger partial charge in [0.1, 0.15) is 5.72 Å². The van der Waals surface area contributed by atoms with Gasteiger partial charge in [0.25, 0.3) is 0 Å². The van der Waals surface area contributed by atoms with Crippen LogP contribution in [-0.2, 0) is 15.9 Å². The molecule has 0 aliphatic heterocycles. The minimum Gasteiger partial charge on any atom is -0.357 e. The second kappa shape index (κ2) is 4.56. The molecule has 2 heteroatoms. The minimum atomic E-state index is -0.689.